The summed E-state index contributed by atoms with van der Waals surface area (Å²) in [6, 6.07) is 6.77. The minimum absolute atomic E-state index is 0.0195. The zero-order chi connectivity index (χ0) is 26.4. The highest BCUT2D eigenvalue weighted by atomic mass is 32.1. The summed E-state index contributed by atoms with van der Waals surface area (Å²) in [5, 5.41) is 17.6. The molecule has 8 nitrogen and oxygen atoms in total. The molecule has 2 aromatic heterocycles. The normalized spacial score (nSPS) is 18.1. The van der Waals surface area contributed by atoms with E-state index in [0.29, 0.717) is 6.54 Å². The third-order valence-electron chi connectivity index (χ3n) is 6.19. The number of carbonyl (C=O) groups is 2. The van der Waals surface area contributed by atoms with Crippen LogP contribution in [0.25, 0.3) is 10.4 Å². The second kappa shape index (κ2) is 12.3. The van der Waals surface area contributed by atoms with Crippen molar-refractivity contribution in [2.24, 2.45) is 5.92 Å². The van der Waals surface area contributed by atoms with Crippen LogP contribution in [0.1, 0.15) is 57.0 Å². The smallest absolute Gasteiger partial charge is 0.248 e. The van der Waals surface area contributed by atoms with E-state index in [1.54, 1.807) is 22.2 Å². The Kier molecular flexibility index (Phi) is 9.39. The molecule has 1 aliphatic rings. The lowest BCUT2D eigenvalue weighted by Crippen LogP contribution is -2.49. The van der Waals surface area contributed by atoms with Crippen molar-refractivity contribution in [1.82, 2.24) is 25.0 Å². The third kappa shape index (κ3) is 6.20. The van der Waals surface area contributed by atoms with Gasteiger partial charge in [0.05, 0.1) is 28.4 Å². The summed E-state index contributed by atoms with van der Waals surface area (Å²) >= 11 is 1.60. The lowest BCUT2D eigenvalue weighted by molar-refractivity contribution is -0.142. The topological polar surface area (TPSA) is 100 Å². The van der Waals surface area contributed by atoms with Gasteiger partial charge in [-0.15, -0.1) is 11.3 Å². The first kappa shape index (κ1) is 27.5. The predicted octanol–water partition coefficient (Wildman–Crippen LogP) is 4.12. The van der Waals surface area contributed by atoms with Gasteiger partial charge in [0.25, 0.3) is 0 Å². The SMILES string of the molecule is CC.Cc1cnn(C(C(=O)N2CC(O)CC2C(=O)NCc2ccc(-c3scnc3C)cc2)C(C)C)c1. The zero-order valence-corrected chi connectivity index (χ0v) is 22.7. The number of hydrogen-bond donors (Lipinski definition) is 2. The Morgan fingerprint density at radius 1 is 1.19 bits per heavy atom. The standard InChI is InChI=1S/C25H31N5O3S.C2H6/c1-15(2)22(30-12-16(3)10-28-30)25(33)29-13-20(31)9-21(29)24(32)26-11-18-5-7-19(8-6-18)23-17(4)27-14-34-23;1-2/h5-8,10,12,14-15,20-22,31H,9,11,13H2,1-4H3,(H,26,32);1-2H3. The van der Waals surface area contributed by atoms with Crippen LogP contribution in [0.3, 0.4) is 0 Å². The zero-order valence-electron chi connectivity index (χ0n) is 21.9. The summed E-state index contributed by atoms with van der Waals surface area (Å²) in [5.74, 6) is -0.473. The van der Waals surface area contributed by atoms with Gasteiger partial charge in [0, 0.05) is 25.7 Å². The van der Waals surface area contributed by atoms with Crippen LogP contribution in [0.4, 0.5) is 0 Å². The maximum atomic E-state index is 13.5. The highest BCUT2D eigenvalue weighted by molar-refractivity contribution is 7.13. The Balaban J connectivity index is 0.00000176. The number of thiazole rings is 1. The lowest BCUT2D eigenvalue weighted by atomic mass is 10.0. The molecule has 3 unspecified atom stereocenters. The van der Waals surface area contributed by atoms with Crippen LogP contribution in [0.15, 0.2) is 42.2 Å². The fourth-order valence-electron chi connectivity index (χ4n) is 4.42. The number of amides is 2. The second-order valence-corrected chi connectivity index (χ2v) is 10.1. The molecule has 2 amide bonds. The van der Waals surface area contributed by atoms with E-state index in [1.165, 1.54) is 4.90 Å². The Hall–Kier alpha value is -3.04. The van der Waals surface area contributed by atoms with Crippen molar-refractivity contribution in [1.29, 1.82) is 0 Å². The van der Waals surface area contributed by atoms with Crippen molar-refractivity contribution in [2.75, 3.05) is 6.54 Å². The first-order chi connectivity index (χ1) is 17.2. The number of nitrogens with zero attached hydrogens (tertiary/aromatic N) is 4. The number of likely N-dealkylation sites (tertiary alicyclic amines) is 1. The molecule has 2 N–H and O–H groups in total. The predicted molar refractivity (Wildman–Crippen MR) is 142 cm³/mol. The van der Waals surface area contributed by atoms with E-state index in [2.05, 4.69) is 15.4 Å². The molecule has 0 aliphatic carbocycles. The molecule has 0 radical (unpaired) electrons. The third-order valence-corrected chi connectivity index (χ3v) is 7.17. The minimum atomic E-state index is -0.728. The van der Waals surface area contributed by atoms with E-state index in [1.807, 2.05) is 77.5 Å². The van der Waals surface area contributed by atoms with E-state index >= 15 is 0 Å². The van der Waals surface area contributed by atoms with Crippen LogP contribution in [0, 0.1) is 19.8 Å². The molecule has 1 saturated heterocycles. The van der Waals surface area contributed by atoms with Crippen LogP contribution in [0.5, 0.6) is 0 Å². The molecule has 1 aromatic carbocycles. The van der Waals surface area contributed by atoms with Crippen LogP contribution >= 0.6 is 11.3 Å². The van der Waals surface area contributed by atoms with Crippen molar-refractivity contribution in [3.05, 3.63) is 59.0 Å². The molecular formula is C27H37N5O3S. The summed E-state index contributed by atoms with van der Waals surface area (Å²) in [6.45, 7) is 12.3. The molecular weight excluding hydrogens is 474 g/mol. The Morgan fingerprint density at radius 2 is 1.89 bits per heavy atom. The van der Waals surface area contributed by atoms with Crippen molar-refractivity contribution in [3.63, 3.8) is 0 Å². The number of nitrogens with one attached hydrogen (secondary N) is 1. The van der Waals surface area contributed by atoms with E-state index in [-0.39, 0.29) is 30.7 Å². The van der Waals surface area contributed by atoms with Gasteiger partial charge in [-0.05, 0) is 36.5 Å². The number of aliphatic hydroxyl groups is 1. The van der Waals surface area contributed by atoms with Gasteiger partial charge in [0.1, 0.15) is 12.1 Å². The molecule has 3 aromatic rings. The van der Waals surface area contributed by atoms with Crippen LogP contribution in [-0.2, 0) is 16.1 Å². The minimum Gasteiger partial charge on any atom is -0.391 e. The maximum Gasteiger partial charge on any atom is 0.248 e. The quantitative estimate of drug-likeness (QED) is 0.497. The van der Waals surface area contributed by atoms with E-state index in [4.69, 9.17) is 0 Å². The molecule has 3 atom stereocenters. The monoisotopic (exact) mass is 511 g/mol. The highest BCUT2D eigenvalue weighted by Gasteiger charge is 2.42. The first-order valence-electron chi connectivity index (χ1n) is 12.5. The number of hydrogen-bond acceptors (Lipinski definition) is 6. The van der Waals surface area contributed by atoms with Gasteiger partial charge >= 0.3 is 0 Å². The first-order valence-corrected chi connectivity index (χ1v) is 13.4. The molecule has 0 spiro atoms. The fourth-order valence-corrected chi connectivity index (χ4v) is 5.24. The second-order valence-electron chi connectivity index (χ2n) is 9.26. The van der Waals surface area contributed by atoms with Crippen molar-refractivity contribution in [3.8, 4) is 10.4 Å². The van der Waals surface area contributed by atoms with Crippen molar-refractivity contribution in [2.45, 2.75) is 72.7 Å². The van der Waals surface area contributed by atoms with E-state index in [9.17, 15) is 14.7 Å². The average Bonchev–Trinajstić information content (AvgIpc) is 3.59. The van der Waals surface area contributed by atoms with Crippen LogP contribution in [-0.4, -0.2) is 55.3 Å². The molecule has 194 valence electrons. The number of aromatic nitrogens is 3. The average molecular weight is 512 g/mol. The Morgan fingerprint density at radius 3 is 2.44 bits per heavy atom. The highest BCUT2D eigenvalue weighted by Crippen LogP contribution is 2.28. The lowest BCUT2D eigenvalue weighted by Gasteiger charge is -2.30. The molecule has 4 rings (SSSR count). The van der Waals surface area contributed by atoms with E-state index in [0.717, 1.165) is 27.3 Å². The number of benzene rings is 1. The summed E-state index contributed by atoms with van der Waals surface area (Å²) in [4.78, 5) is 33.5. The van der Waals surface area contributed by atoms with Gasteiger partial charge in [0.2, 0.25) is 11.8 Å². The number of aryl methyl sites for hydroxylation is 2. The van der Waals surface area contributed by atoms with Gasteiger partial charge < -0.3 is 15.3 Å². The fraction of sp³-hybridized carbons (Fsp3) is 0.481. The Labute approximate surface area is 217 Å². The number of carbonyl (C=O) groups excluding carboxylic acids is 2. The summed E-state index contributed by atoms with van der Waals surface area (Å²) in [5.41, 5.74) is 5.85. The van der Waals surface area contributed by atoms with Gasteiger partial charge in [-0.3, -0.25) is 14.3 Å². The number of rotatable bonds is 7. The van der Waals surface area contributed by atoms with E-state index < -0.39 is 18.2 Å². The van der Waals surface area contributed by atoms with Gasteiger partial charge in [-0.1, -0.05) is 52.0 Å². The molecule has 1 aliphatic heterocycles. The summed E-state index contributed by atoms with van der Waals surface area (Å²) in [6.07, 6.45) is 3.05. The van der Waals surface area contributed by atoms with Crippen molar-refractivity contribution >= 4 is 23.2 Å². The maximum absolute atomic E-state index is 13.5. The van der Waals surface area contributed by atoms with Gasteiger partial charge in [-0.2, -0.15) is 5.10 Å². The molecule has 1 fully saturated rings. The summed E-state index contributed by atoms with van der Waals surface area (Å²) < 4.78 is 1.66. The number of aliphatic hydroxyl groups excluding tert-OH is 1. The number of β-amino-alcohol motifs (C(OH)–C–C–N with tert-alkyl or cyclic N) is 1. The Bertz CT molecular complexity index is 1150. The van der Waals surface area contributed by atoms with Gasteiger partial charge in [-0.25, -0.2) is 4.98 Å². The molecule has 9 heteroatoms. The summed E-state index contributed by atoms with van der Waals surface area (Å²) in [7, 11) is 0. The molecule has 0 bridgehead atoms. The molecule has 36 heavy (non-hydrogen) atoms. The van der Waals surface area contributed by atoms with Gasteiger partial charge in [0.15, 0.2) is 0 Å². The largest absolute Gasteiger partial charge is 0.391 e. The molecule has 3 heterocycles. The van der Waals surface area contributed by atoms with Crippen LogP contribution in [0.2, 0.25) is 0 Å². The van der Waals surface area contributed by atoms with Crippen LogP contribution < -0.4 is 5.32 Å². The molecule has 0 saturated carbocycles. The van der Waals surface area contributed by atoms with Crippen molar-refractivity contribution < 1.29 is 14.7 Å².